The van der Waals surface area contributed by atoms with Crippen LogP contribution in [0.5, 0.6) is 5.75 Å². The highest BCUT2D eigenvalue weighted by atomic mass is 31.1. The molecule has 5 aromatic rings. The average molecular weight is 488 g/mol. The van der Waals surface area contributed by atoms with Crippen molar-refractivity contribution in [1.29, 1.82) is 0 Å². The minimum Gasteiger partial charge on any atom is -0.467 e. The highest BCUT2D eigenvalue weighted by Crippen LogP contribution is 2.66. The van der Waals surface area contributed by atoms with Gasteiger partial charge in [-0.15, -0.1) is 0 Å². The second-order valence-corrected chi connectivity index (χ2v) is 10.9. The summed E-state index contributed by atoms with van der Waals surface area (Å²) in [6.45, 7) is 0. The summed E-state index contributed by atoms with van der Waals surface area (Å²) in [6, 6.07) is 41.2. The van der Waals surface area contributed by atoms with Crippen LogP contribution >= 0.6 is 8.15 Å². The molecular weight excluding hydrogens is 461 g/mol. The third-order valence-electron chi connectivity index (χ3n) is 6.78. The van der Waals surface area contributed by atoms with Crippen molar-refractivity contribution in [3.05, 3.63) is 138 Å². The van der Waals surface area contributed by atoms with E-state index >= 15 is 0 Å². The number of para-hydroxylation sites is 1. The maximum atomic E-state index is 7.05. The van der Waals surface area contributed by atoms with Gasteiger partial charge in [-0.1, -0.05) is 78.9 Å². The summed E-state index contributed by atoms with van der Waals surface area (Å²) >= 11 is 0. The summed E-state index contributed by atoms with van der Waals surface area (Å²) in [5, 5.41) is 0.519. The summed E-state index contributed by atoms with van der Waals surface area (Å²) in [5.74, 6) is 0.882. The zero-order valence-electron chi connectivity index (χ0n) is 19.6. The van der Waals surface area contributed by atoms with Gasteiger partial charge >= 0.3 is 0 Å². The maximum Gasteiger partial charge on any atom is 0.139 e. The van der Waals surface area contributed by atoms with Crippen LogP contribution in [-0.2, 0) is 5.16 Å². The van der Waals surface area contributed by atoms with Crippen LogP contribution in [-0.4, -0.2) is 0 Å². The highest BCUT2D eigenvalue weighted by Gasteiger charge is 2.49. The lowest BCUT2D eigenvalue weighted by atomic mass is 9.83. The van der Waals surface area contributed by atoms with Gasteiger partial charge in [-0.25, -0.2) is 0 Å². The SMILES string of the molecule is Nc1ccc(C(c2ccc(N)cc2)(c2ccc(N)cc2)P2Oc3ccccc3-c3ccccc32)cc1. The van der Waals surface area contributed by atoms with E-state index in [4.69, 9.17) is 21.7 Å². The normalized spacial score (nSPS) is 14.4. The second kappa shape index (κ2) is 8.75. The van der Waals surface area contributed by atoms with Gasteiger partial charge in [0.25, 0.3) is 0 Å². The Hall–Kier alpha value is -4.27. The van der Waals surface area contributed by atoms with E-state index in [1.165, 1.54) is 10.9 Å². The molecule has 176 valence electrons. The van der Waals surface area contributed by atoms with Crippen molar-refractivity contribution >= 4 is 30.5 Å². The third-order valence-corrected chi connectivity index (χ3v) is 9.37. The van der Waals surface area contributed by atoms with Crippen molar-refractivity contribution in [1.82, 2.24) is 0 Å². The number of hydrogen-bond acceptors (Lipinski definition) is 4. The number of anilines is 3. The molecule has 1 aliphatic rings. The van der Waals surface area contributed by atoms with E-state index in [0.717, 1.165) is 28.0 Å². The predicted octanol–water partition coefficient (Wildman–Crippen LogP) is 6.51. The molecule has 0 aromatic heterocycles. The van der Waals surface area contributed by atoms with Crippen molar-refractivity contribution in [3.63, 3.8) is 0 Å². The van der Waals surface area contributed by atoms with E-state index in [1.807, 2.05) is 42.5 Å². The molecule has 4 nitrogen and oxygen atoms in total. The zero-order chi connectivity index (χ0) is 24.7. The fourth-order valence-corrected chi connectivity index (χ4v) is 7.81. The standard InChI is InChI=1S/C31H26N3OP/c32-24-15-9-21(10-16-24)31(22-11-17-25(33)18-12-22,23-13-19-26(34)20-14-23)36-30-8-4-2-6-28(30)27-5-1-3-7-29(27)35-36/h1-20H,32-34H2. The highest BCUT2D eigenvalue weighted by molar-refractivity contribution is 7.63. The quantitative estimate of drug-likeness (QED) is 0.153. The number of benzene rings is 5. The van der Waals surface area contributed by atoms with Gasteiger partial charge in [0.05, 0.1) is 0 Å². The number of nitrogen functional groups attached to an aromatic ring is 3. The number of fused-ring (bicyclic) bond motifs is 3. The summed E-state index contributed by atoms with van der Waals surface area (Å²) in [5.41, 5.74) is 26.1. The molecule has 6 N–H and O–H groups in total. The van der Waals surface area contributed by atoms with Gasteiger partial charge in [-0.2, -0.15) is 0 Å². The van der Waals surface area contributed by atoms with Crippen LogP contribution in [0.1, 0.15) is 16.7 Å². The average Bonchev–Trinajstić information content (AvgIpc) is 2.92. The largest absolute Gasteiger partial charge is 0.467 e. The minimum absolute atomic E-state index is 0.659. The van der Waals surface area contributed by atoms with Crippen molar-refractivity contribution in [2.75, 3.05) is 17.2 Å². The summed E-state index contributed by atoms with van der Waals surface area (Å²) < 4.78 is 7.05. The van der Waals surface area contributed by atoms with Crippen LogP contribution in [0.3, 0.4) is 0 Å². The molecule has 1 aliphatic heterocycles. The Balaban J connectivity index is 1.73. The van der Waals surface area contributed by atoms with E-state index in [0.29, 0.717) is 17.1 Å². The van der Waals surface area contributed by atoms with Gasteiger partial charge in [-0.05, 0) is 64.7 Å². The first-order valence-electron chi connectivity index (χ1n) is 11.8. The molecular formula is C31H26N3OP. The Bertz CT molecular complexity index is 1420. The van der Waals surface area contributed by atoms with Crippen LogP contribution in [0.4, 0.5) is 17.1 Å². The Labute approximate surface area is 212 Å². The molecule has 5 aromatic carbocycles. The summed E-state index contributed by atoms with van der Waals surface area (Å²) in [7, 11) is -1.30. The van der Waals surface area contributed by atoms with E-state index in [1.54, 1.807) is 0 Å². The van der Waals surface area contributed by atoms with Gasteiger partial charge in [0.2, 0.25) is 0 Å². The molecule has 0 bridgehead atoms. The van der Waals surface area contributed by atoms with Gasteiger partial charge in [0, 0.05) is 27.9 Å². The molecule has 0 aliphatic carbocycles. The summed E-state index contributed by atoms with van der Waals surface area (Å²) in [6.07, 6.45) is 0. The molecule has 1 unspecified atom stereocenters. The summed E-state index contributed by atoms with van der Waals surface area (Å²) in [4.78, 5) is 0. The van der Waals surface area contributed by atoms with E-state index in [9.17, 15) is 0 Å². The molecule has 0 fully saturated rings. The zero-order valence-corrected chi connectivity index (χ0v) is 20.5. The van der Waals surface area contributed by atoms with E-state index in [-0.39, 0.29) is 0 Å². The number of rotatable bonds is 4. The first kappa shape index (κ1) is 22.2. The Morgan fingerprint density at radius 2 is 0.889 bits per heavy atom. The maximum absolute atomic E-state index is 7.05. The van der Waals surface area contributed by atoms with Gasteiger partial charge in [-0.3, -0.25) is 0 Å². The van der Waals surface area contributed by atoms with Crippen molar-refractivity contribution in [2.24, 2.45) is 0 Å². The Morgan fingerprint density at radius 1 is 0.472 bits per heavy atom. The molecule has 1 atom stereocenters. The topological polar surface area (TPSA) is 87.3 Å². The lowest BCUT2D eigenvalue weighted by molar-refractivity contribution is 0.595. The Kier molecular flexibility index (Phi) is 5.40. The molecule has 6 rings (SSSR count). The smallest absolute Gasteiger partial charge is 0.139 e. The molecule has 1 heterocycles. The van der Waals surface area contributed by atoms with Crippen LogP contribution in [0.15, 0.2) is 121 Å². The monoisotopic (exact) mass is 487 g/mol. The lowest BCUT2D eigenvalue weighted by Gasteiger charge is -2.44. The van der Waals surface area contributed by atoms with E-state index < -0.39 is 13.3 Å². The molecule has 0 saturated heterocycles. The van der Waals surface area contributed by atoms with Crippen LogP contribution < -0.4 is 27.0 Å². The minimum atomic E-state index is -1.30. The second-order valence-electron chi connectivity index (χ2n) is 8.98. The van der Waals surface area contributed by atoms with Crippen molar-refractivity contribution in [3.8, 4) is 16.9 Å². The molecule has 5 heteroatoms. The fourth-order valence-electron chi connectivity index (χ4n) is 5.07. The fraction of sp³-hybridized carbons (Fsp3) is 0.0323. The predicted molar refractivity (Wildman–Crippen MR) is 152 cm³/mol. The van der Waals surface area contributed by atoms with Gasteiger partial charge in [0.15, 0.2) is 0 Å². The van der Waals surface area contributed by atoms with Crippen molar-refractivity contribution in [2.45, 2.75) is 5.16 Å². The van der Waals surface area contributed by atoms with E-state index in [2.05, 4.69) is 78.9 Å². The van der Waals surface area contributed by atoms with Crippen LogP contribution in [0.25, 0.3) is 11.1 Å². The lowest BCUT2D eigenvalue weighted by Crippen LogP contribution is -2.35. The van der Waals surface area contributed by atoms with Gasteiger partial charge < -0.3 is 21.7 Å². The molecule has 0 amide bonds. The molecule has 0 radical (unpaired) electrons. The molecule has 36 heavy (non-hydrogen) atoms. The van der Waals surface area contributed by atoms with Gasteiger partial charge in [0.1, 0.15) is 19.1 Å². The first-order chi connectivity index (χ1) is 17.6. The number of nitrogens with two attached hydrogens (primary N) is 3. The van der Waals surface area contributed by atoms with Crippen LogP contribution in [0, 0.1) is 0 Å². The number of hydrogen-bond donors (Lipinski definition) is 3. The van der Waals surface area contributed by atoms with Crippen LogP contribution in [0.2, 0.25) is 0 Å². The molecule has 0 saturated carbocycles. The Morgan fingerprint density at radius 3 is 1.39 bits per heavy atom. The molecule has 0 spiro atoms. The first-order valence-corrected chi connectivity index (χ1v) is 13.1. The third kappa shape index (κ3) is 3.50. The van der Waals surface area contributed by atoms with Crippen molar-refractivity contribution < 1.29 is 4.52 Å².